The van der Waals surface area contributed by atoms with E-state index in [2.05, 4.69) is 0 Å². The normalized spacial score (nSPS) is 12.4. The SMILES string of the molecule is CC/C=C\C=C(/CN)C(=O)O. The largest absolute Gasteiger partial charge is 0.478 e. The van der Waals surface area contributed by atoms with Gasteiger partial charge in [-0.3, -0.25) is 0 Å². The first-order valence-corrected chi connectivity index (χ1v) is 3.51. The quantitative estimate of drug-likeness (QED) is 0.468. The summed E-state index contributed by atoms with van der Waals surface area (Å²) < 4.78 is 0. The summed E-state index contributed by atoms with van der Waals surface area (Å²) in [5, 5.41) is 8.49. The molecule has 0 saturated carbocycles. The average Bonchev–Trinajstić information content (AvgIpc) is 1.97. The summed E-state index contributed by atoms with van der Waals surface area (Å²) in [5.74, 6) is -0.951. The van der Waals surface area contributed by atoms with Gasteiger partial charge in [-0.2, -0.15) is 0 Å². The Balaban J connectivity index is 4.12. The van der Waals surface area contributed by atoms with Gasteiger partial charge in [0.05, 0.1) is 5.57 Å². The molecule has 0 bridgehead atoms. The highest BCUT2D eigenvalue weighted by molar-refractivity contribution is 5.87. The van der Waals surface area contributed by atoms with E-state index in [9.17, 15) is 4.79 Å². The van der Waals surface area contributed by atoms with E-state index in [4.69, 9.17) is 10.8 Å². The van der Waals surface area contributed by atoms with Crippen LogP contribution in [0.15, 0.2) is 23.8 Å². The van der Waals surface area contributed by atoms with Crippen molar-refractivity contribution in [3.8, 4) is 0 Å². The minimum absolute atomic E-state index is 0.0728. The average molecular weight is 155 g/mol. The maximum atomic E-state index is 10.3. The lowest BCUT2D eigenvalue weighted by Gasteiger charge is -1.92. The molecule has 0 aliphatic carbocycles. The van der Waals surface area contributed by atoms with Crippen molar-refractivity contribution in [2.24, 2.45) is 5.73 Å². The molecule has 0 aromatic carbocycles. The zero-order chi connectivity index (χ0) is 8.69. The van der Waals surface area contributed by atoms with Gasteiger partial charge in [0.2, 0.25) is 0 Å². The molecule has 11 heavy (non-hydrogen) atoms. The first-order chi connectivity index (χ1) is 5.22. The lowest BCUT2D eigenvalue weighted by Crippen LogP contribution is -2.11. The zero-order valence-electron chi connectivity index (χ0n) is 6.58. The first-order valence-electron chi connectivity index (χ1n) is 3.51. The van der Waals surface area contributed by atoms with E-state index in [1.54, 1.807) is 6.08 Å². The third kappa shape index (κ3) is 4.33. The summed E-state index contributed by atoms with van der Waals surface area (Å²) in [6.07, 6.45) is 5.99. The number of hydrogen-bond donors (Lipinski definition) is 2. The van der Waals surface area contributed by atoms with Gasteiger partial charge in [-0.1, -0.05) is 25.2 Å². The molecule has 0 rings (SSSR count). The maximum absolute atomic E-state index is 10.3. The van der Waals surface area contributed by atoms with Gasteiger partial charge >= 0.3 is 5.97 Å². The van der Waals surface area contributed by atoms with Crippen molar-refractivity contribution in [1.29, 1.82) is 0 Å². The molecule has 0 radical (unpaired) electrons. The van der Waals surface area contributed by atoms with E-state index >= 15 is 0 Å². The molecule has 0 aliphatic rings. The Morgan fingerprint density at radius 2 is 2.27 bits per heavy atom. The van der Waals surface area contributed by atoms with Crippen LogP contribution in [0.2, 0.25) is 0 Å². The summed E-state index contributed by atoms with van der Waals surface area (Å²) in [6.45, 7) is 2.05. The molecule has 0 amide bonds. The number of aliphatic carboxylic acids is 1. The van der Waals surface area contributed by atoms with Crippen molar-refractivity contribution >= 4 is 5.97 Å². The van der Waals surface area contributed by atoms with Gasteiger partial charge in [0.25, 0.3) is 0 Å². The fourth-order valence-corrected chi connectivity index (χ4v) is 0.547. The van der Waals surface area contributed by atoms with Gasteiger partial charge in [-0.15, -0.1) is 0 Å². The predicted molar refractivity (Wildman–Crippen MR) is 44.2 cm³/mol. The highest BCUT2D eigenvalue weighted by Crippen LogP contribution is 1.92. The van der Waals surface area contributed by atoms with Crippen molar-refractivity contribution in [3.05, 3.63) is 23.8 Å². The molecule has 0 unspecified atom stereocenters. The molecule has 0 aromatic heterocycles. The summed E-state index contributed by atoms with van der Waals surface area (Å²) in [7, 11) is 0. The van der Waals surface area contributed by atoms with E-state index in [0.29, 0.717) is 0 Å². The Kier molecular flexibility index (Phi) is 5.11. The Labute approximate surface area is 66.2 Å². The van der Waals surface area contributed by atoms with Crippen LogP contribution < -0.4 is 5.73 Å². The van der Waals surface area contributed by atoms with Crippen molar-refractivity contribution in [2.75, 3.05) is 6.54 Å². The lowest BCUT2D eigenvalue weighted by atomic mass is 10.2. The number of nitrogens with two attached hydrogens (primary N) is 1. The molecule has 0 fully saturated rings. The maximum Gasteiger partial charge on any atom is 0.332 e. The fraction of sp³-hybridized carbons (Fsp3) is 0.375. The second-order valence-corrected chi connectivity index (χ2v) is 2.04. The van der Waals surface area contributed by atoms with Crippen LogP contribution in [0.5, 0.6) is 0 Å². The number of rotatable bonds is 4. The molecule has 3 N–H and O–H groups in total. The van der Waals surface area contributed by atoms with Crippen molar-refractivity contribution in [1.82, 2.24) is 0 Å². The number of carboxylic acid groups (broad SMARTS) is 1. The van der Waals surface area contributed by atoms with Crippen LogP contribution in [0, 0.1) is 0 Å². The highest BCUT2D eigenvalue weighted by Gasteiger charge is 2.00. The van der Waals surface area contributed by atoms with Crippen molar-refractivity contribution in [3.63, 3.8) is 0 Å². The third-order valence-electron chi connectivity index (χ3n) is 1.16. The molecule has 0 atom stereocenters. The standard InChI is InChI=1S/C8H13NO2/c1-2-3-4-5-7(6-9)8(10)11/h3-5H,2,6,9H2,1H3,(H,10,11)/b4-3-,7-5+. The third-order valence-corrected chi connectivity index (χ3v) is 1.16. The van der Waals surface area contributed by atoms with Crippen LogP contribution in [0.1, 0.15) is 13.3 Å². The van der Waals surface area contributed by atoms with E-state index in [-0.39, 0.29) is 12.1 Å². The van der Waals surface area contributed by atoms with Crippen LogP contribution in [0.3, 0.4) is 0 Å². The molecule has 62 valence electrons. The predicted octanol–water partition coefficient (Wildman–Crippen LogP) is 0.922. The molecule has 3 heteroatoms. The van der Waals surface area contributed by atoms with Crippen LogP contribution >= 0.6 is 0 Å². The van der Waals surface area contributed by atoms with Gasteiger partial charge in [0.15, 0.2) is 0 Å². The van der Waals surface area contributed by atoms with Crippen molar-refractivity contribution < 1.29 is 9.90 Å². The molecule has 3 nitrogen and oxygen atoms in total. The molecular weight excluding hydrogens is 142 g/mol. The lowest BCUT2D eigenvalue weighted by molar-refractivity contribution is -0.132. The molecule has 0 aliphatic heterocycles. The topological polar surface area (TPSA) is 63.3 Å². The molecule has 0 spiro atoms. The van der Waals surface area contributed by atoms with Gasteiger partial charge in [0, 0.05) is 6.54 Å². The number of carboxylic acids is 1. The second-order valence-electron chi connectivity index (χ2n) is 2.04. The van der Waals surface area contributed by atoms with E-state index in [1.165, 1.54) is 6.08 Å². The second kappa shape index (κ2) is 5.68. The zero-order valence-corrected chi connectivity index (χ0v) is 6.58. The molecule has 0 aromatic rings. The Hall–Kier alpha value is -1.09. The van der Waals surface area contributed by atoms with Crippen molar-refractivity contribution in [2.45, 2.75) is 13.3 Å². The van der Waals surface area contributed by atoms with Gasteiger partial charge in [0.1, 0.15) is 0 Å². The van der Waals surface area contributed by atoms with E-state index < -0.39 is 5.97 Å². The number of carbonyl (C=O) groups is 1. The Bertz CT molecular complexity index is 183. The minimum Gasteiger partial charge on any atom is -0.478 e. The van der Waals surface area contributed by atoms with Gasteiger partial charge < -0.3 is 10.8 Å². The summed E-state index contributed by atoms with van der Waals surface area (Å²) in [6, 6.07) is 0. The summed E-state index contributed by atoms with van der Waals surface area (Å²) in [5.41, 5.74) is 5.40. The Morgan fingerprint density at radius 3 is 2.64 bits per heavy atom. The van der Waals surface area contributed by atoms with Crippen LogP contribution in [0.4, 0.5) is 0 Å². The Morgan fingerprint density at radius 1 is 1.64 bits per heavy atom. The number of allylic oxidation sites excluding steroid dienone is 3. The fourth-order valence-electron chi connectivity index (χ4n) is 0.547. The monoisotopic (exact) mass is 155 g/mol. The molecule has 0 saturated heterocycles. The van der Waals surface area contributed by atoms with Crippen LogP contribution in [-0.4, -0.2) is 17.6 Å². The summed E-state index contributed by atoms with van der Waals surface area (Å²) in [4.78, 5) is 10.3. The molecular formula is C8H13NO2. The minimum atomic E-state index is -0.951. The van der Waals surface area contributed by atoms with Gasteiger partial charge in [-0.25, -0.2) is 4.79 Å². The van der Waals surface area contributed by atoms with Crippen LogP contribution in [-0.2, 0) is 4.79 Å². The smallest absolute Gasteiger partial charge is 0.332 e. The highest BCUT2D eigenvalue weighted by atomic mass is 16.4. The molecule has 0 heterocycles. The van der Waals surface area contributed by atoms with E-state index in [0.717, 1.165) is 6.42 Å². The van der Waals surface area contributed by atoms with E-state index in [1.807, 2.05) is 13.0 Å². The van der Waals surface area contributed by atoms with Crippen LogP contribution in [0.25, 0.3) is 0 Å². The number of hydrogen-bond acceptors (Lipinski definition) is 2. The van der Waals surface area contributed by atoms with Gasteiger partial charge in [-0.05, 0) is 6.42 Å². The first kappa shape index (κ1) is 9.91. The summed E-state index contributed by atoms with van der Waals surface area (Å²) >= 11 is 0.